The highest BCUT2D eigenvalue weighted by Gasteiger charge is 2.52. The molecule has 0 amide bonds. The van der Waals surface area contributed by atoms with E-state index in [4.69, 9.17) is 0 Å². The molecule has 0 saturated carbocycles. The number of fused-ring (bicyclic) bond motifs is 16. The van der Waals surface area contributed by atoms with Crippen LogP contribution in [0.2, 0.25) is 0 Å². The van der Waals surface area contributed by atoms with Crippen LogP contribution in [0.3, 0.4) is 0 Å². The summed E-state index contributed by atoms with van der Waals surface area (Å²) in [6.45, 7) is 17.1. The van der Waals surface area contributed by atoms with Crippen molar-refractivity contribution < 1.29 is 0 Å². The first-order valence-electron chi connectivity index (χ1n) is 22.8. The molecule has 0 fully saturated rings. The second-order valence-corrected chi connectivity index (χ2v) is 20.2. The van der Waals surface area contributed by atoms with Crippen LogP contribution in [0.5, 0.6) is 0 Å². The molecule has 298 valence electrons. The van der Waals surface area contributed by atoms with Crippen molar-refractivity contribution in [3.63, 3.8) is 0 Å². The van der Waals surface area contributed by atoms with Crippen molar-refractivity contribution in [3.05, 3.63) is 178 Å². The van der Waals surface area contributed by atoms with E-state index in [1.807, 2.05) is 0 Å². The molecule has 0 unspecified atom stereocenters. The summed E-state index contributed by atoms with van der Waals surface area (Å²) in [5.41, 5.74) is 25.3. The highest BCUT2D eigenvalue weighted by molar-refractivity contribution is 6.23. The molecular weight excluding hydrogens is 737 g/mol. The largest absolute Gasteiger partial charge is 0.340 e. The lowest BCUT2D eigenvalue weighted by Gasteiger charge is -2.37. The van der Waals surface area contributed by atoms with E-state index in [0.29, 0.717) is 0 Å². The Kier molecular flexibility index (Phi) is 7.03. The summed E-state index contributed by atoms with van der Waals surface area (Å²) in [4.78, 5) is 5.38. The highest BCUT2D eigenvalue weighted by atomic mass is 15.2. The summed E-state index contributed by atoms with van der Waals surface area (Å²) in [5, 5.41) is 5.40. The molecule has 13 rings (SSSR count). The molecule has 2 aliphatic heterocycles. The van der Waals surface area contributed by atoms with Crippen molar-refractivity contribution in [3.8, 4) is 33.4 Å². The Morgan fingerprint density at radius 1 is 0.377 bits per heavy atom. The van der Waals surface area contributed by atoms with Crippen LogP contribution >= 0.6 is 0 Å². The Hall–Kier alpha value is -6.12. The summed E-state index contributed by atoms with van der Waals surface area (Å²) in [5.74, 6) is 0. The minimum atomic E-state index is -0.253. The molecule has 2 heteroatoms. The van der Waals surface area contributed by atoms with Gasteiger partial charge in [0.25, 0.3) is 0 Å². The zero-order valence-corrected chi connectivity index (χ0v) is 36.3. The molecule has 8 aromatic carbocycles. The van der Waals surface area contributed by atoms with Gasteiger partial charge in [0.1, 0.15) is 0 Å². The van der Waals surface area contributed by atoms with Crippen LogP contribution in [0.15, 0.2) is 133 Å². The van der Waals surface area contributed by atoms with Gasteiger partial charge in [0.05, 0.1) is 11.4 Å². The second-order valence-electron chi connectivity index (χ2n) is 20.2. The fourth-order valence-electron chi connectivity index (χ4n) is 13.3. The van der Waals surface area contributed by atoms with E-state index < -0.39 is 0 Å². The van der Waals surface area contributed by atoms with Crippen LogP contribution in [0.1, 0.15) is 98.9 Å². The number of benzene rings is 8. The third kappa shape index (κ3) is 4.43. The SMILES string of the molecule is CC1(C)c2ccccc2-c2c1c1c(c3c2C(C)(C)c2cc4c(N5CCCc6ccccc65)c5ccccc5c(N5CCCc6ccccc65)c4cc2-3)C(C)(C)c2ccccc2-1. The van der Waals surface area contributed by atoms with Crippen molar-refractivity contribution in [2.24, 2.45) is 0 Å². The van der Waals surface area contributed by atoms with Gasteiger partial charge in [0, 0.05) is 62.3 Å². The average molecular weight is 789 g/mol. The fourth-order valence-corrected chi connectivity index (χ4v) is 13.3. The molecule has 0 spiro atoms. The van der Waals surface area contributed by atoms with Gasteiger partial charge in [0.2, 0.25) is 0 Å². The van der Waals surface area contributed by atoms with E-state index in [1.165, 1.54) is 122 Å². The number of nitrogens with zero attached hydrogens (tertiary/aromatic N) is 2. The third-order valence-electron chi connectivity index (χ3n) is 15.9. The van der Waals surface area contributed by atoms with Crippen LogP contribution in [-0.4, -0.2) is 13.1 Å². The molecule has 0 radical (unpaired) electrons. The molecule has 0 bridgehead atoms. The van der Waals surface area contributed by atoms with E-state index in [0.717, 1.165) is 38.8 Å². The van der Waals surface area contributed by atoms with Gasteiger partial charge in [-0.3, -0.25) is 0 Å². The zero-order chi connectivity index (χ0) is 41.2. The molecule has 8 aromatic rings. The molecule has 0 atom stereocenters. The van der Waals surface area contributed by atoms with Gasteiger partial charge in [0.15, 0.2) is 0 Å². The maximum absolute atomic E-state index is 2.69. The van der Waals surface area contributed by atoms with Crippen LogP contribution in [-0.2, 0) is 29.1 Å². The number of rotatable bonds is 2. The van der Waals surface area contributed by atoms with Crippen molar-refractivity contribution in [1.29, 1.82) is 0 Å². The average Bonchev–Trinajstić information content (AvgIpc) is 3.76. The minimum Gasteiger partial charge on any atom is -0.340 e. The normalized spacial score (nSPS) is 17.9. The maximum atomic E-state index is 2.69. The van der Waals surface area contributed by atoms with E-state index in [2.05, 4.69) is 185 Å². The van der Waals surface area contributed by atoms with Crippen LogP contribution in [0.25, 0.3) is 54.9 Å². The number of aryl methyl sites for hydroxylation is 2. The summed E-state index contributed by atoms with van der Waals surface area (Å²) in [6, 6.07) is 51.7. The molecule has 0 aromatic heterocycles. The van der Waals surface area contributed by atoms with E-state index in [1.54, 1.807) is 0 Å². The zero-order valence-electron chi connectivity index (χ0n) is 36.3. The summed E-state index contributed by atoms with van der Waals surface area (Å²) < 4.78 is 0. The van der Waals surface area contributed by atoms with Crippen LogP contribution < -0.4 is 9.80 Å². The van der Waals surface area contributed by atoms with Crippen molar-refractivity contribution in [2.45, 2.75) is 83.5 Å². The van der Waals surface area contributed by atoms with Gasteiger partial charge < -0.3 is 9.80 Å². The Bertz CT molecular complexity index is 3250. The van der Waals surface area contributed by atoms with Gasteiger partial charge >= 0.3 is 0 Å². The lowest BCUT2D eigenvalue weighted by molar-refractivity contribution is 0.636. The minimum absolute atomic E-state index is 0.143. The molecular formula is C59H52N2. The smallest absolute Gasteiger partial charge is 0.0571 e. The molecule has 0 N–H and O–H groups in total. The molecule has 0 saturated heterocycles. The van der Waals surface area contributed by atoms with Crippen molar-refractivity contribution >= 4 is 44.3 Å². The predicted molar refractivity (Wildman–Crippen MR) is 258 cm³/mol. The van der Waals surface area contributed by atoms with Gasteiger partial charge in [-0.2, -0.15) is 0 Å². The number of para-hydroxylation sites is 2. The topological polar surface area (TPSA) is 6.48 Å². The highest BCUT2D eigenvalue weighted by Crippen LogP contribution is 2.68. The lowest BCUT2D eigenvalue weighted by Crippen LogP contribution is -2.27. The van der Waals surface area contributed by atoms with E-state index >= 15 is 0 Å². The summed E-state index contributed by atoms with van der Waals surface area (Å²) in [6.07, 6.45) is 4.51. The third-order valence-corrected chi connectivity index (χ3v) is 15.9. The molecule has 3 aliphatic carbocycles. The molecule has 2 nitrogen and oxygen atoms in total. The fraction of sp³-hybridized carbons (Fsp3) is 0.254. The Morgan fingerprint density at radius 2 is 0.770 bits per heavy atom. The van der Waals surface area contributed by atoms with E-state index in [9.17, 15) is 0 Å². The standard InChI is InChI=1S/C59H52N2/c1-57(2)44-27-13-12-26-40(44)50-52(57)49-39-25-11-14-28-45(39)58(3,4)53(49)51-43-33-41-42(34-46(43)59(5,6)54(50)51)56(61-32-18-22-36-20-8-16-30-48(36)61)38-24-10-9-23-37(38)55(41)60-31-17-21-35-19-7-15-29-47(35)60/h7-16,19-20,23-30,33-34H,17-18,21-22,31-32H2,1-6H3. The number of hydrogen-bond donors (Lipinski definition) is 0. The Morgan fingerprint density at radius 3 is 1.28 bits per heavy atom. The maximum Gasteiger partial charge on any atom is 0.0571 e. The van der Waals surface area contributed by atoms with Crippen molar-refractivity contribution in [1.82, 2.24) is 0 Å². The first-order valence-corrected chi connectivity index (χ1v) is 22.8. The summed E-state index contributed by atoms with van der Waals surface area (Å²) in [7, 11) is 0. The van der Waals surface area contributed by atoms with Gasteiger partial charge in [-0.1, -0.05) is 151 Å². The predicted octanol–water partition coefficient (Wildman–Crippen LogP) is 15.1. The van der Waals surface area contributed by atoms with Gasteiger partial charge in [-0.25, -0.2) is 0 Å². The Balaban J connectivity index is 1.22. The second kappa shape index (κ2) is 12.0. The summed E-state index contributed by atoms with van der Waals surface area (Å²) >= 11 is 0. The lowest BCUT2D eigenvalue weighted by atomic mass is 9.71. The van der Waals surface area contributed by atoms with Crippen LogP contribution in [0, 0.1) is 0 Å². The van der Waals surface area contributed by atoms with Crippen LogP contribution in [0.4, 0.5) is 22.7 Å². The Labute approximate surface area is 360 Å². The van der Waals surface area contributed by atoms with Gasteiger partial charge in [-0.05, 0) is 128 Å². The van der Waals surface area contributed by atoms with Crippen molar-refractivity contribution in [2.75, 3.05) is 22.9 Å². The quantitative estimate of drug-likeness (QED) is 0.161. The van der Waals surface area contributed by atoms with Gasteiger partial charge in [-0.15, -0.1) is 0 Å². The monoisotopic (exact) mass is 788 g/mol. The molecule has 61 heavy (non-hydrogen) atoms. The number of anilines is 4. The first kappa shape index (κ1) is 35.6. The first-order chi connectivity index (χ1) is 29.6. The molecule has 5 aliphatic rings. The molecule has 2 heterocycles. The number of hydrogen-bond acceptors (Lipinski definition) is 2. The van der Waals surface area contributed by atoms with E-state index in [-0.39, 0.29) is 16.2 Å².